The maximum atomic E-state index is 5.50. The molecule has 0 spiro atoms. The van der Waals surface area contributed by atoms with Crippen LogP contribution in [0.2, 0.25) is 0 Å². The van der Waals surface area contributed by atoms with Crippen molar-refractivity contribution in [3.05, 3.63) is 85.6 Å². The molecule has 0 atom stereocenters. The van der Waals surface area contributed by atoms with E-state index in [0.717, 1.165) is 22.4 Å². The molecule has 0 unspecified atom stereocenters. The molecule has 104 valence electrons. The monoisotopic (exact) mass is 436 g/mol. The SMILES string of the molecule is [B].[CH-]=Cc1[c-]c([C-]=C(C)c2[c-]cccc2)[n+](C)cc1.[CH3-].[Y+3].[Y]. The second kappa shape index (κ2) is 13.6. The van der Waals surface area contributed by atoms with Crippen molar-refractivity contribution in [3.63, 3.8) is 0 Å². The summed E-state index contributed by atoms with van der Waals surface area (Å²) in [6.45, 7) is 7.52. The molecule has 1 heterocycles. The van der Waals surface area contributed by atoms with Crippen LogP contribution in [0.4, 0.5) is 0 Å². The van der Waals surface area contributed by atoms with Crippen molar-refractivity contribution in [2.45, 2.75) is 6.92 Å². The van der Waals surface area contributed by atoms with Crippen LogP contribution < -0.4 is 4.57 Å². The van der Waals surface area contributed by atoms with E-state index in [4.69, 9.17) is 6.58 Å². The van der Waals surface area contributed by atoms with Crippen LogP contribution in [0.5, 0.6) is 0 Å². The first kappa shape index (κ1) is 27.0. The second-order valence-corrected chi connectivity index (χ2v) is 4.05. The van der Waals surface area contributed by atoms with Gasteiger partial charge in [-0.2, -0.15) is 5.56 Å². The largest absolute Gasteiger partial charge is 3.00 e. The molecule has 2 aromatic rings. The third-order valence-corrected chi connectivity index (χ3v) is 2.69. The summed E-state index contributed by atoms with van der Waals surface area (Å²) >= 11 is 0. The molecule has 0 saturated heterocycles. The van der Waals surface area contributed by atoms with Gasteiger partial charge in [0.25, 0.3) is 0 Å². The van der Waals surface area contributed by atoms with Crippen LogP contribution in [0.25, 0.3) is 11.6 Å². The Kier molecular flexibility index (Phi) is 16.6. The molecule has 0 aliphatic heterocycles. The summed E-state index contributed by atoms with van der Waals surface area (Å²) in [5, 5.41) is 0. The molecule has 22 heavy (non-hydrogen) atoms. The van der Waals surface area contributed by atoms with E-state index in [9.17, 15) is 0 Å². The Labute approximate surface area is 187 Å². The molecule has 0 amide bonds. The van der Waals surface area contributed by atoms with Gasteiger partial charge in [-0.05, 0) is 5.69 Å². The van der Waals surface area contributed by atoms with E-state index in [1.807, 2.05) is 55.1 Å². The predicted octanol–water partition coefficient (Wildman–Crippen LogP) is 2.88. The number of nitrogens with zero attached hydrogens (tertiary/aromatic N) is 1. The Balaban J connectivity index is -0.000000902. The van der Waals surface area contributed by atoms with Crippen molar-refractivity contribution in [3.8, 4) is 0 Å². The fourth-order valence-electron chi connectivity index (χ4n) is 1.62. The number of hydrogen-bond donors (Lipinski definition) is 0. The topological polar surface area (TPSA) is 3.88 Å². The van der Waals surface area contributed by atoms with Crippen LogP contribution in [0.1, 0.15) is 23.7 Å². The molecule has 1 aromatic heterocycles. The van der Waals surface area contributed by atoms with Crippen molar-refractivity contribution < 1.29 is 70.0 Å². The maximum absolute atomic E-state index is 5.50. The summed E-state index contributed by atoms with van der Waals surface area (Å²) in [7, 11) is 1.96. The minimum absolute atomic E-state index is 0. The quantitative estimate of drug-likeness (QED) is 0.396. The van der Waals surface area contributed by atoms with Gasteiger partial charge in [-0.15, -0.1) is 30.3 Å². The molecule has 2 rings (SSSR count). The minimum Gasteiger partial charge on any atom is -0.426 e. The Bertz CT molecular complexity index is 595. The number of hydrogen-bond acceptors (Lipinski definition) is 0. The zero-order chi connectivity index (χ0) is 13.0. The van der Waals surface area contributed by atoms with Gasteiger partial charge in [-0.3, -0.25) is 4.57 Å². The van der Waals surface area contributed by atoms with E-state index >= 15 is 0 Å². The maximum Gasteiger partial charge on any atom is 3.00 e. The molecular formula is C18H17BNY2-. The minimum atomic E-state index is 0. The summed E-state index contributed by atoms with van der Waals surface area (Å²) in [5.41, 5.74) is 3.79. The number of allylic oxidation sites excluding steroid dienone is 1. The van der Waals surface area contributed by atoms with Crippen LogP contribution >= 0.6 is 0 Å². The van der Waals surface area contributed by atoms with Crippen molar-refractivity contribution in [1.29, 1.82) is 0 Å². The van der Waals surface area contributed by atoms with Crippen molar-refractivity contribution >= 4 is 20.1 Å². The molecule has 0 bridgehead atoms. The van der Waals surface area contributed by atoms with E-state index in [-0.39, 0.29) is 81.3 Å². The van der Waals surface area contributed by atoms with Crippen LogP contribution in [0.15, 0.2) is 36.5 Å². The molecule has 4 heteroatoms. The average Bonchev–Trinajstić information content (AvgIpc) is 2.42. The molecule has 4 radical (unpaired) electrons. The number of aromatic nitrogens is 1. The fourth-order valence-corrected chi connectivity index (χ4v) is 1.62. The predicted molar refractivity (Wildman–Crippen MR) is 84.1 cm³/mol. The number of benzene rings is 1. The molecule has 0 saturated carbocycles. The van der Waals surface area contributed by atoms with Gasteiger partial charge in [0.15, 0.2) is 0 Å². The summed E-state index contributed by atoms with van der Waals surface area (Å²) in [4.78, 5) is 0. The Morgan fingerprint density at radius 3 is 2.55 bits per heavy atom. The van der Waals surface area contributed by atoms with Gasteiger partial charge in [0.1, 0.15) is 7.05 Å². The van der Waals surface area contributed by atoms with Crippen LogP contribution in [-0.4, -0.2) is 8.41 Å². The summed E-state index contributed by atoms with van der Waals surface area (Å²) in [6, 6.07) is 16.1. The normalized spacial score (nSPS) is 9.27. The van der Waals surface area contributed by atoms with Gasteiger partial charge < -0.3 is 31.7 Å². The molecule has 0 N–H and O–H groups in total. The zero-order valence-corrected chi connectivity index (χ0v) is 19.0. The van der Waals surface area contributed by atoms with Gasteiger partial charge in [-0.1, -0.05) is 6.92 Å². The van der Waals surface area contributed by atoms with Crippen molar-refractivity contribution in [2.75, 3.05) is 0 Å². The molecule has 1 aromatic carbocycles. The van der Waals surface area contributed by atoms with Crippen LogP contribution in [0, 0.1) is 32.2 Å². The Morgan fingerprint density at radius 2 is 2.00 bits per heavy atom. The third kappa shape index (κ3) is 7.60. The first-order chi connectivity index (χ1) is 8.70. The summed E-state index contributed by atoms with van der Waals surface area (Å²) in [6.07, 6.45) is 6.80. The first-order valence-corrected chi connectivity index (χ1v) is 5.75. The number of rotatable bonds is 3. The molecule has 1 nitrogen and oxygen atoms in total. The van der Waals surface area contributed by atoms with E-state index in [1.165, 1.54) is 6.08 Å². The molecular weight excluding hydrogens is 419 g/mol. The molecule has 0 aliphatic rings. The average molecular weight is 436 g/mol. The summed E-state index contributed by atoms with van der Waals surface area (Å²) in [5.74, 6) is 0. The zero-order valence-electron chi connectivity index (χ0n) is 13.3. The van der Waals surface area contributed by atoms with Crippen molar-refractivity contribution in [2.24, 2.45) is 7.05 Å². The van der Waals surface area contributed by atoms with Gasteiger partial charge in [0.05, 0.1) is 6.20 Å². The Morgan fingerprint density at radius 1 is 1.32 bits per heavy atom. The van der Waals surface area contributed by atoms with Gasteiger partial charge in [0, 0.05) is 41.1 Å². The third-order valence-electron chi connectivity index (χ3n) is 2.69. The standard InChI is InChI=1S/C17H14N.CH3.B.2Y/c1-4-15-10-11-18(3)17(13-15)12-14(2)16-8-6-5-7-9-16;;;;/h1,4-8,10-11H,2-3H3;1H3;;;/q-3;-1;;;+3. The number of aryl methyl sites for hydroxylation is 1. The van der Waals surface area contributed by atoms with E-state index in [0.29, 0.717) is 0 Å². The van der Waals surface area contributed by atoms with E-state index < -0.39 is 0 Å². The number of pyridine rings is 1. The smallest absolute Gasteiger partial charge is 0.426 e. The van der Waals surface area contributed by atoms with Gasteiger partial charge >= 0.3 is 32.7 Å². The fraction of sp³-hybridized carbons (Fsp3) is 0.111. The van der Waals surface area contributed by atoms with Crippen molar-refractivity contribution in [1.82, 2.24) is 0 Å². The first-order valence-electron chi connectivity index (χ1n) is 5.75. The second-order valence-electron chi connectivity index (χ2n) is 4.05. The molecule has 0 aliphatic carbocycles. The van der Waals surface area contributed by atoms with Crippen LogP contribution in [0.3, 0.4) is 0 Å². The molecule has 0 fully saturated rings. The summed E-state index contributed by atoms with van der Waals surface area (Å²) < 4.78 is 1.96. The van der Waals surface area contributed by atoms with E-state index in [2.05, 4.69) is 18.2 Å². The van der Waals surface area contributed by atoms with Gasteiger partial charge in [0.2, 0.25) is 0 Å². The van der Waals surface area contributed by atoms with E-state index in [1.54, 1.807) is 0 Å². The van der Waals surface area contributed by atoms with Crippen LogP contribution in [-0.2, 0) is 72.5 Å². The Hall–Kier alpha value is 0.123. The van der Waals surface area contributed by atoms with Gasteiger partial charge in [-0.25, -0.2) is 17.7 Å².